The molecule has 19 heavy (non-hydrogen) atoms. The van der Waals surface area contributed by atoms with Gasteiger partial charge in [0.15, 0.2) is 0 Å². The van der Waals surface area contributed by atoms with Crippen LogP contribution in [0.1, 0.15) is 26.2 Å². The minimum absolute atomic E-state index is 0.200. The first-order valence-electron chi connectivity index (χ1n) is 7.05. The number of nitrogens with zero attached hydrogens (tertiary/aromatic N) is 1. The molecular weight excluding hydrogens is 243 g/mol. The summed E-state index contributed by atoms with van der Waals surface area (Å²) in [4.78, 5) is 2.41. The molecule has 2 N–H and O–H groups in total. The van der Waals surface area contributed by atoms with E-state index in [0.717, 1.165) is 18.8 Å². The van der Waals surface area contributed by atoms with Gasteiger partial charge in [-0.05, 0) is 50.6 Å². The number of rotatable bonds is 5. The minimum Gasteiger partial charge on any atom is -0.492 e. The molecule has 3 nitrogen and oxygen atoms in total. The minimum atomic E-state index is -0.236. The molecule has 1 fully saturated rings. The van der Waals surface area contributed by atoms with Crippen molar-refractivity contribution in [1.82, 2.24) is 4.90 Å². The van der Waals surface area contributed by atoms with Gasteiger partial charge in [-0.3, -0.25) is 4.90 Å². The molecule has 0 radical (unpaired) electrons. The van der Waals surface area contributed by atoms with Crippen molar-refractivity contribution >= 4 is 0 Å². The van der Waals surface area contributed by atoms with E-state index in [1.165, 1.54) is 31.4 Å². The lowest BCUT2D eigenvalue weighted by atomic mass is 9.97. The number of nitrogens with two attached hydrogens (primary N) is 1. The summed E-state index contributed by atoms with van der Waals surface area (Å²) in [5.74, 6) is 0.483. The van der Waals surface area contributed by atoms with Crippen LogP contribution in [-0.2, 0) is 0 Å². The average Bonchev–Trinajstić information content (AvgIpc) is 2.41. The van der Waals surface area contributed by atoms with Crippen molar-refractivity contribution in [3.8, 4) is 5.75 Å². The largest absolute Gasteiger partial charge is 0.492 e. The van der Waals surface area contributed by atoms with Gasteiger partial charge in [-0.1, -0.05) is 6.42 Å². The maximum atomic E-state index is 12.8. The van der Waals surface area contributed by atoms with Gasteiger partial charge in [-0.25, -0.2) is 4.39 Å². The van der Waals surface area contributed by atoms with Gasteiger partial charge in [0.25, 0.3) is 0 Å². The van der Waals surface area contributed by atoms with E-state index in [4.69, 9.17) is 10.5 Å². The molecule has 0 spiro atoms. The predicted octanol–water partition coefficient (Wildman–Crippen LogP) is 2.41. The lowest BCUT2D eigenvalue weighted by Crippen LogP contribution is -2.50. The molecule has 2 rings (SSSR count). The fourth-order valence-corrected chi connectivity index (χ4v) is 2.70. The van der Waals surface area contributed by atoms with Crippen LogP contribution in [0, 0.1) is 5.82 Å². The summed E-state index contributed by atoms with van der Waals surface area (Å²) < 4.78 is 18.4. The molecule has 2 atom stereocenters. The monoisotopic (exact) mass is 266 g/mol. The van der Waals surface area contributed by atoms with Gasteiger partial charge in [-0.15, -0.1) is 0 Å². The van der Waals surface area contributed by atoms with Gasteiger partial charge >= 0.3 is 0 Å². The van der Waals surface area contributed by atoms with E-state index in [-0.39, 0.29) is 11.9 Å². The van der Waals surface area contributed by atoms with Crippen molar-refractivity contribution in [1.29, 1.82) is 0 Å². The maximum Gasteiger partial charge on any atom is 0.123 e. The Labute approximate surface area is 114 Å². The Morgan fingerprint density at radius 1 is 1.37 bits per heavy atom. The zero-order chi connectivity index (χ0) is 13.7. The van der Waals surface area contributed by atoms with E-state index in [1.54, 1.807) is 12.1 Å². The van der Waals surface area contributed by atoms with Gasteiger partial charge < -0.3 is 10.5 Å². The lowest BCUT2D eigenvalue weighted by molar-refractivity contribution is 0.109. The normalized spacial score (nSPS) is 22.2. The molecule has 1 saturated heterocycles. The van der Waals surface area contributed by atoms with Crippen LogP contribution in [0.25, 0.3) is 0 Å². The zero-order valence-electron chi connectivity index (χ0n) is 11.5. The molecule has 0 amide bonds. The second kappa shape index (κ2) is 6.87. The molecule has 1 aromatic rings. The van der Waals surface area contributed by atoms with E-state index in [9.17, 15) is 4.39 Å². The van der Waals surface area contributed by atoms with Crippen molar-refractivity contribution in [2.75, 3.05) is 19.7 Å². The van der Waals surface area contributed by atoms with Gasteiger partial charge in [-0.2, -0.15) is 0 Å². The first kappa shape index (κ1) is 14.3. The van der Waals surface area contributed by atoms with Crippen molar-refractivity contribution in [3.05, 3.63) is 30.1 Å². The summed E-state index contributed by atoms with van der Waals surface area (Å²) in [6.07, 6.45) is 3.68. The summed E-state index contributed by atoms with van der Waals surface area (Å²) in [6.45, 7) is 4.67. The number of likely N-dealkylation sites (tertiary alicyclic amines) is 1. The van der Waals surface area contributed by atoms with Crippen molar-refractivity contribution in [2.45, 2.75) is 38.3 Å². The fourth-order valence-electron chi connectivity index (χ4n) is 2.70. The summed E-state index contributed by atoms with van der Waals surface area (Å²) in [5, 5.41) is 0. The molecule has 0 bridgehead atoms. The number of benzene rings is 1. The molecule has 1 aliphatic rings. The molecule has 1 heterocycles. The number of halogens is 1. The standard InChI is InChI=1S/C15H23FN2O/c1-12(17)15-4-2-3-9-18(15)10-11-19-14-7-5-13(16)6-8-14/h5-8,12,15H,2-4,9-11,17H2,1H3. The molecule has 1 aromatic carbocycles. The molecule has 1 aliphatic heterocycles. The second-order valence-corrected chi connectivity index (χ2v) is 5.26. The predicted molar refractivity (Wildman–Crippen MR) is 74.8 cm³/mol. The van der Waals surface area contributed by atoms with Crippen molar-refractivity contribution in [3.63, 3.8) is 0 Å². The molecule has 2 unspecified atom stereocenters. The third-order valence-corrected chi connectivity index (χ3v) is 3.73. The highest BCUT2D eigenvalue weighted by atomic mass is 19.1. The summed E-state index contributed by atoms with van der Waals surface area (Å²) in [6, 6.07) is 6.82. The van der Waals surface area contributed by atoms with Crippen LogP contribution in [0.5, 0.6) is 5.75 Å². The Morgan fingerprint density at radius 3 is 2.79 bits per heavy atom. The Hall–Kier alpha value is -1.13. The lowest BCUT2D eigenvalue weighted by Gasteiger charge is -2.37. The number of hydrogen-bond acceptors (Lipinski definition) is 3. The quantitative estimate of drug-likeness (QED) is 0.889. The van der Waals surface area contributed by atoms with Crippen LogP contribution < -0.4 is 10.5 Å². The summed E-state index contributed by atoms with van der Waals surface area (Å²) in [5.41, 5.74) is 6.03. The van der Waals surface area contributed by atoms with Gasteiger partial charge in [0, 0.05) is 18.6 Å². The number of piperidine rings is 1. The highest BCUT2D eigenvalue weighted by molar-refractivity contribution is 5.21. The third kappa shape index (κ3) is 4.18. The summed E-state index contributed by atoms with van der Waals surface area (Å²) >= 11 is 0. The number of ether oxygens (including phenoxy) is 1. The van der Waals surface area contributed by atoms with Crippen molar-refractivity contribution < 1.29 is 9.13 Å². The van der Waals surface area contributed by atoms with Crippen LogP contribution in [0.4, 0.5) is 4.39 Å². The topological polar surface area (TPSA) is 38.5 Å². The van der Waals surface area contributed by atoms with Crippen LogP contribution in [0.15, 0.2) is 24.3 Å². The van der Waals surface area contributed by atoms with E-state index < -0.39 is 0 Å². The first-order chi connectivity index (χ1) is 9.16. The highest BCUT2D eigenvalue weighted by Gasteiger charge is 2.24. The molecule has 106 valence electrons. The SMILES string of the molecule is CC(N)C1CCCCN1CCOc1ccc(F)cc1. The highest BCUT2D eigenvalue weighted by Crippen LogP contribution is 2.19. The Bertz CT molecular complexity index is 380. The molecule has 0 saturated carbocycles. The van der Waals surface area contributed by atoms with E-state index in [2.05, 4.69) is 11.8 Å². The van der Waals surface area contributed by atoms with Crippen LogP contribution in [0.2, 0.25) is 0 Å². The average molecular weight is 266 g/mol. The van der Waals surface area contributed by atoms with Gasteiger partial charge in [0.2, 0.25) is 0 Å². The van der Waals surface area contributed by atoms with Crippen LogP contribution in [-0.4, -0.2) is 36.7 Å². The zero-order valence-corrected chi connectivity index (χ0v) is 11.5. The van der Waals surface area contributed by atoms with Gasteiger partial charge in [0.05, 0.1) is 0 Å². The van der Waals surface area contributed by atoms with Crippen LogP contribution in [0.3, 0.4) is 0 Å². The van der Waals surface area contributed by atoms with Crippen molar-refractivity contribution in [2.24, 2.45) is 5.73 Å². The Morgan fingerprint density at radius 2 is 2.11 bits per heavy atom. The molecule has 0 aromatic heterocycles. The molecule has 0 aliphatic carbocycles. The smallest absolute Gasteiger partial charge is 0.123 e. The molecule has 4 heteroatoms. The third-order valence-electron chi connectivity index (χ3n) is 3.73. The summed E-state index contributed by atoms with van der Waals surface area (Å²) in [7, 11) is 0. The second-order valence-electron chi connectivity index (χ2n) is 5.26. The van der Waals surface area contributed by atoms with E-state index in [1.807, 2.05) is 0 Å². The maximum absolute atomic E-state index is 12.8. The Kier molecular flexibility index (Phi) is 5.16. The first-order valence-corrected chi connectivity index (χ1v) is 7.05. The van der Waals surface area contributed by atoms with Gasteiger partial charge in [0.1, 0.15) is 18.2 Å². The molecular formula is C15H23FN2O. The van der Waals surface area contributed by atoms with E-state index >= 15 is 0 Å². The fraction of sp³-hybridized carbons (Fsp3) is 0.600. The number of hydrogen-bond donors (Lipinski definition) is 1. The Balaban J connectivity index is 1.79. The van der Waals surface area contributed by atoms with Crippen LogP contribution >= 0.6 is 0 Å². The van der Waals surface area contributed by atoms with E-state index in [0.29, 0.717) is 12.6 Å².